The molecular weight excluding hydrogens is 459 g/mol. The quantitative estimate of drug-likeness (QED) is 0.405. The summed E-state index contributed by atoms with van der Waals surface area (Å²) in [4.78, 5) is 25.1. The van der Waals surface area contributed by atoms with E-state index in [1.165, 1.54) is 16.9 Å². The van der Waals surface area contributed by atoms with Crippen molar-refractivity contribution in [2.75, 3.05) is 5.32 Å². The Bertz CT molecular complexity index is 1390. The van der Waals surface area contributed by atoms with Crippen molar-refractivity contribution in [3.63, 3.8) is 0 Å². The van der Waals surface area contributed by atoms with Gasteiger partial charge in [-0.25, -0.2) is 19.3 Å². The number of fused-ring (bicyclic) bond motifs is 1. The van der Waals surface area contributed by atoms with Gasteiger partial charge in [-0.1, -0.05) is 11.6 Å². The van der Waals surface area contributed by atoms with Gasteiger partial charge in [0, 0.05) is 23.8 Å². The molecule has 1 aromatic carbocycles. The van der Waals surface area contributed by atoms with Crippen molar-refractivity contribution in [2.45, 2.75) is 52.2 Å². The number of aryl methyl sites for hydroxylation is 1. The fourth-order valence-corrected chi connectivity index (χ4v) is 4.18. The smallest absolute Gasteiger partial charge is 0.241 e. The lowest BCUT2D eigenvalue weighted by atomic mass is 10.1. The fraction of sp³-hybridized carbons (Fsp3) is 0.348. The monoisotopic (exact) mass is 482 g/mol. The number of halogens is 2. The average Bonchev–Trinajstić information content (AvgIpc) is 3.36. The maximum atomic E-state index is 14.9. The second kappa shape index (κ2) is 8.68. The standard InChI is InChI=1S/C23H24ClFN8O/c1-12(2)33-13(3)28-22-18(25)6-14(7-19(22)33)21-17(24)9-26-23(31-21)30-16-8-27-32(10-16)11-20(34)29-15-4-5-15/h6-10,12,15H,4-5,11H2,1-3H3,(H,29,34)(H,26,30,31). The molecule has 9 nitrogen and oxygen atoms in total. The Morgan fingerprint density at radius 1 is 1.26 bits per heavy atom. The zero-order chi connectivity index (χ0) is 24.0. The Kier molecular flexibility index (Phi) is 5.68. The summed E-state index contributed by atoms with van der Waals surface area (Å²) in [7, 11) is 0. The highest BCUT2D eigenvalue weighted by atomic mass is 35.5. The van der Waals surface area contributed by atoms with Gasteiger partial charge in [-0.2, -0.15) is 5.10 Å². The first-order valence-corrected chi connectivity index (χ1v) is 11.5. The van der Waals surface area contributed by atoms with Crippen LogP contribution in [0.15, 0.2) is 30.7 Å². The van der Waals surface area contributed by atoms with Crippen LogP contribution >= 0.6 is 11.6 Å². The molecule has 0 radical (unpaired) electrons. The van der Waals surface area contributed by atoms with E-state index < -0.39 is 5.82 Å². The van der Waals surface area contributed by atoms with Crippen molar-refractivity contribution in [1.29, 1.82) is 0 Å². The molecule has 3 heterocycles. The summed E-state index contributed by atoms with van der Waals surface area (Å²) in [5, 5.41) is 10.5. The van der Waals surface area contributed by atoms with E-state index in [4.69, 9.17) is 11.6 Å². The summed E-state index contributed by atoms with van der Waals surface area (Å²) in [6, 6.07) is 3.63. The number of hydrogen-bond acceptors (Lipinski definition) is 6. The number of rotatable bonds is 7. The van der Waals surface area contributed by atoms with Crippen LogP contribution in [0.3, 0.4) is 0 Å². The van der Waals surface area contributed by atoms with Gasteiger partial charge in [0.25, 0.3) is 0 Å². The number of benzene rings is 1. The minimum Gasteiger partial charge on any atom is -0.352 e. The Morgan fingerprint density at radius 2 is 2.06 bits per heavy atom. The third-order valence-corrected chi connectivity index (χ3v) is 5.87. The summed E-state index contributed by atoms with van der Waals surface area (Å²) in [6.07, 6.45) is 6.80. The molecular formula is C23H24ClFN8O. The molecule has 5 rings (SSSR count). The number of carbonyl (C=O) groups is 1. The van der Waals surface area contributed by atoms with Crippen LogP contribution in [0.1, 0.15) is 38.6 Å². The maximum absolute atomic E-state index is 14.9. The SMILES string of the molecule is Cc1nc2c(F)cc(-c3nc(Nc4cnn(CC(=O)NC5CC5)c4)ncc3Cl)cc2n1C(C)C. The molecule has 1 aliphatic carbocycles. The number of nitrogens with zero attached hydrogens (tertiary/aromatic N) is 6. The largest absolute Gasteiger partial charge is 0.352 e. The first-order valence-electron chi connectivity index (χ1n) is 11.1. The normalized spacial score (nSPS) is 13.6. The lowest BCUT2D eigenvalue weighted by Gasteiger charge is -2.12. The summed E-state index contributed by atoms with van der Waals surface area (Å²) < 4.78 is 18.4. The highest BCUT2D eigenvalue weighted by molar-refractivity contribution is 6.33. The van der Waals surface area contributed by atoms with Crippen molar-refractivity contribution in [1.82, 2.24) is 34.6 Å². The molecule has 1 amide bonds. The summed E-state index contributed by atoms with van der Waals surface area (Å²) in [5.74, 6) is 0.496. The van der Waals surface area contributed by atoms with Crippen LogP contribution < -0.4 is 10.6 Å². The van der Waals surface area contributed by atoms with Gasteiger partial charge >= 0.3 is 0 Å². The molecule has 0 spiro atoms. The van der Waals surface area contributed by atoms with Crippen LogP contribution in [0.5, 0.6) is 0 Å². The van der Waals surface area contributed by atoms with Crippen LogP contribution in [0.25, 0.3) is 22.3 Å². The van der Waals surface area contributed by atoms with E-state index >= 15 is 0 Å². The third-order valence-electron chi connectivity index (χ3n) is 5.60. The molecule has 0 atom stereocenters. The molecule has 1 saturated carbocycles. The van der Waals surface area contributed by atoms with Crippen molar-refractivity contribution in [3.8, 4) is 11.3 Å². The summed E-state index contributed by atoms with van der Waals surface area (Å²) >= 11 is 6.39. The molecule has 0 saturated heterocycles. The topological polar surface area (TPSA) is 103 Å². The van der Waals surface area contributed by atoms with Gasteiger partial charge in [0.15, 0.2) is 5.82 Å². The number of anilines is 2. The fourth-order valence-electron chi connectivity index (χ4n) is 3.98. The predicted molar refractivity (Wildman–Crippen MR) is 128 cm³/mol. The van der Waals surface area contributed by atoms with Gasteiger partial charge in [-0.15, -0.1) is 0 Å². The first-order chi connectivity index (χ1) is 16.3. The lowest BCUT2D eigenvalue weighted by molar-refractivity contribution is -0.122. The number of amides is 1. The van der Waals surface area contributed by atoms with Crippen LogP contribution in [-0.4, -0.2) is 41.2 Å². The second-order valence-corrected chi connectivity index (χ2v) is 9.14. The zero-order valence-electron chi connectivity index (χ0n) is 19.0. The Hall–Kier alpha value is -3.53. The van der Waals surface area contributed by atoms with E-state index in [-0.39, 0.29) is 24.4 Å². The number of hydrogen-bond donors (Lipinski definition) is 2. The average molecular weight is 483 g/mol. The highest BCUT2D eigenvalue weighted by Gasteiger charge is 2.23. The van der Waals surface area contributed by atoms with Crippen LogP contribution in [0, 0.1) is 12.7 Å². The van der Waals surface area contributed by atoms with Crippen molar-refractivity contribution >= 4 is 40.2 Å². The molecule has 1 aliphatic rings. The maximum Gasteiger partial charge on any atom is 0.241 e. The minimum atomic E-state index is -0.440. The van der Waals surface area contributed by atoms with Gasteiger partial charge in [0.05, 0.1) is 34.3 Å². The summed E-state index contributed by atoms with van der Waals surface area (Å²) in [6.45, 7) is 6.03. The Morgan fingerprint density at radius 3 is 2.79 bits per heavy atom. The molecule has 0 unspecified atom stereocenters. The van der Waals surface area contributed by atoms with Crippen molar-refractivity contribution in [2.24, 2.45) is 0 Å². The third kappa shape index (κ3) is 4.45. The number of nitrogens with one attached hydrogen (secondary N) is 2. The Balaban J connectivity index is 1.42. The molecule has 0 aliphatic heterocycles. The first kappa shape index (κ1) is 22.3. The van der Waals surface area contributed by atoms with E-state index in [1.807, 2.05) is 31.4 Å². The van der Waals surface area contributed by atoms with E-state index in [2.05, 4.69) is 30.7 Å². The van der Waals surface area contributed by atoms with E-state index in [1.54, 1.807) is 12.4 Å². The molecule has 34 heavy (non-hydrogen) atoms. The predicted octanol–water partition coefficient (Wildman–Crippen LogP) is 4.39. The number of imidazole rings is 1. The van der Waals surface area contributed by atoms with Crippen LogP contribution in [0.2, 0.25) is 5.02 Å². The molecule has 2 N–H and O–H groups in total. The molecule has 4 aromatic rings. The minimum absolute atomic E-state index is 0.0736. The second-order valence-electron chi connectivity index (χ2n) is 8.73. The van der Waals surface area contributed by atoms with Gasteiger partial charge < -0.3 is 15.2 Å². The van der Waals surface area contributed by atoms with Crippen molar-refractivity contribution in [3.05, 3.63) is 47.4 Å². The molecule has 3 aromatic heterocycles. The van der Waals surface area contributed by atoms with E-state index in [0.29, 0.717) is 39.0 Å². The number of carbonyl (C=O) groups excluding carboxylic acids is 1. The zero-order valence-corrected chi connectivity index (χ0v) is 19.8. The van der Waals surface area contributed by atoms with Crippen molar-refractivity contribution < 1.29 is 9.18 Å². The highest BCUT2D eigenvalue weighted by Crippen LogP contribution is 2.32. The van der Waals surface area contributed by atoms with Gasteiger partial charge in [0.2, 0.25) is 11.9 Å². The molecule has 0 bridgehead atoms. The van der Waals surface area contributed by atoms with E-state index in [0.717, 1.165) is 18.7 Å². The van der Waals surface area contributed by atoms with Gasteiger partial charge in [-0.3, -0.25) is 9.48 Å². The summed E-state index contributed by atoms with van der Waals surface area (Å²) in [5.41, 5.74) is 2.52. The lowest BCUT2D eigenvalue weighted by Crippen LogP contribution is -2.29. The van der Waals surface area contributed by atoms with Crippen LogP contribution in [-0.2, 0) is 11.3 Å². The van der Waals surface area contributed by atoms with Crippen LogP contribution in [0.4, 0.5) is 16.0 Å². The molecule has 1 fully saturated rings. The van der Waals surface area contributed by atoms with Gasteiger partial charge in [0.1, 0.15) is 17.9 Å². The molecule has 11 heteroatoms. The Labute approximate surface area is 200 Å². The molecule has 176 valence electrons. The van der Waals surface area contributed by atoms with E-state index in [9.17, 15) is 9.18 Å². The number of aromatic nitrogens is 6. The van der Waals surface area contributed by atoms with Gasteiger partial charge in [-0.05, 0) is 45.7 Å².